The molecule has 0 atom stereocenters. The van der Waals surface area contributed by atoms with Crippen molar-refractivity contribution in [2.24, 2.45) is 0 Å². The van der Waals surface area contributed by atoms with Crippen molar-refractivity contribution in [1.82, 2.24) is 4.98 Å². The molecule has 4 heteroatoms. The first kappa shape index (κ1) is 10.6. The molecule has 0 aromatic carbocycles. The number of carboxylic acid groups (broad SMARTS) is 1. The summed E-state index contributed by atoms with van der Waals surface area (Å²) in [5.41, 5.74) is 1.75. The summed E-state index contributed by atoms with van der Waals surface area (Å²) in [5.74, 6) is -0.988. The van der Waals surface area contributed by atoms with Gasteiger partial charge in [-0.25, -0.2) is 4.79 Å². The molecule has 1 N–H and O–H groups in total. The lowest BCUT2D eigenvalue weighted by Crippen LogP contribution is -2.02. The lowest BCUT2D eigenvalue weighted by Gasteiger charge is -2.03. The van der Waals surface area contributed by atoms with Gasteiger partial charge in [0.15, 0.2) is 0 Å². The van der Waals surface area contributed by atoms with E-state index in [-0.39, 0.29) is 12.2 Å². The molecule has 0 aliphatic heterocycles. The summed E-state index contributed by atoms with van der Waals surface area (Å²) >= 11 is 0. The number of aromatic carboxylic acids is 1. The van der Waals surface area contributed by atoms with Crippen molar-refractivity contribution in [3.63, 3.8) is 0 Å². The fraction of sp³-hybridized carbons (Fsp3) is 0.400. The zero-order valence-corrected chi connectivity index (χ0v) is 7.96. The number of carboxylic acids is 1. The van der Waals surface area contributed by atoms with Gasteiger partial charge in [0.1, 0.15) is 0 Å². The van der Waals surface area contributed by atoms with E-state index in [2.05, 4.69) is 4.98 Å². The van der Waals surface area contributed by atoms with Gasteiger partial charge in [-0.15, -0.1) is 0 Å². The van der Waals surface area contributed by atoms with Gasteiger partial charge in [-0.1, -0.05) is 0 Å². The fourth-order valence-electron chi connectivity index (χ4n) is 1.22. The van der Waals surface area contributed by atoms with E-state index in [4.69, 9.17) is 5.11 Å². The Kier molecular flexibility index (Phi) is 3.56. The first-order valence-electron chi connectivity index (χ1n) is 4.40. The summed E-state index contributed by atoms with van der Waals surface area (Å²) in [6.45, 7) is 1.41. The third-order valence-corrected chi connectivity index (χ3v) is 1.98. The van der Waals surface area contributed by atoms with Crippen LogP contribution in [0.2, 0.25) is 0 Å². The largest absolute Gasteiger partial charge is 0.478 e. The van der Waals surface area contributed by atoms with E-state index in [0.717, 1.165) is 11.3 Å². The number of nitrogens with zero attached hydrogens (tertiary/aromatic N) is 1. The van der Waals surface area contributed by atoms with Crippen LogP contribution in [0.1, 0.15) is 28.0 Å². The Labute approximate surface area is 81.6 Å². The Morgan fingerprint density at radius 2 is 2.36 bits per heavy atom. The molecule has 0 amide bonds. The zero-order chi connectivity index (χ0) is 10.6. The number of rotatable bonds is 4. The van der Waals surface area contributed by atoms with Crippen LogP contribution >= 0.6 is 0 Å². The molecule has 0 radical (unpaired) electrons. The Morgan fingerprint density at radius 1 is 1.64 bits per heavy atom. The summed E-state index contributed by atoms with van der Waals surface area (Å²) in [6.07, 6.45) is 2.30. The average molecular weight is 197 g/mol. The summed E-state index contributed by atoms with van der Waals surface area (Å²) < 4.78 is 11.9. The van der Waals surface area contributed by atoms with Crippen molar-refractivity contribution >= 4 is 5.97 Å². The monoisotopic (exact) mass is 197 g/mol. The van der Waals surface area contributed by atoms with Gasteiger partial charge in [0.25, 0.3) is 0 Å². The van der Waals surface area contributed by atoms with E-state index in [1.807, 2.05) is 0 Å². The van der Waals surface area contributed by atoms with E-state index in [1.54, 1.807) is 13.0 Å². The van der Waals surface area contributed by atoms with Crippen molar-refractivity contribution in [1.29, 1.82) is 0 Å². The van der Waals surface area contributed by atoms with Crippen LogP contribution < -0.4 is 0 Å². The fourth-order valence-corrected chi connectivity index (χ4v) is 1.22. The molecule has 1 aromatic heterocycles. The summed E-state index contributed by atoms with van der Waals surface area (Å²) in [6, 6.07) is 1.56. The molecule has 1 aromatic rings. The first-order valence-corrected chi connectivity index (χ1v) is 4.40. The highest BCUT2D eigenvalue weighted by Crippen LogP contribution is 2.09. The summed E-state index contributed by atoms with van der Waals surface area (Å²) in [4.78, 5) is 14.6. The zero-order valence-electron chi connectivity index (χ0n) is 7.96. The molecule has 1 rings (SSSR count). The van der Waals surface area contributed by atoms with Gasteiger partial charge in [-0.3, -0.25) is 9.37 Å². The number of hydrogen-bond donors (Lipinski definition) is 1. The van der Waals surface area contributed by atoms with Crippen LogP contribution in [0.4, 0.5) is 4.39 Å². The molecule has 0 unspecified atom stereocenters. The molecular weight excluding hydrogens is 185 g/mol. The lowest BCUT2D eigenvalue weighted by molar-refractivity contribution is 0.0696. The van der Waals surface area contributed by atoms with Crippen LogP contribution in [-0.4, -0.2) is 22.7 Å². The second kappa shape index (κ2) is 4.69. The number of pyridine rings is 1. The maximum atomic E-state index is 11.9. The Bertz CT molecular complexity index is 339. The van der Waals surface area contributed by atoms with E-state index >= 15 is 0 Å². The van der Waals surface area contributed by atoms with E-state index in [9.17, 15) is 9.18 Å². The Hall–Kier alpha value is -1.45. The molecule has 0 saturated carbocycles. The molecular formula is C10H12FNO2. The summed E-state index contributed by atoms with van der Waals surface area (Å²) in [5, 5.41) is 8.68. The predicted molar refractivity (Wildman–Crippen MR) is 50.2 cm³/mol. The Balaban J connectivity index is 2.84. The predicted octanol–water partition coefficient (Wildman–Crippen LogP) is 1.99. The maximum absolute atomic E-state index is 11.9. The van der Waals surface area contributed by atoms with Crippen LogP contribution in [-0.2, 0) is 6.42 Å². The highest BCUT2D eigenvalue weighted by atomic mass is 19.1. The topological polar surface area (TPSA) is 50.2 Å². The third-order valence-electron chi connectivity index (χ3n) is 1.98. The van der Waals surface area contributed by atoms with Crippen molar-refractivity contribution in [3.8, 4) is 0 Å². The minimum atomic E-state index is -0.988. The van der Waals surface area contributed by atoms with Crippen LogP contribution in [0.5, 0.6) is 0 Å². The number of halogens is 1. The van der Waals surface area contributed by atoms with E-state index < -0.39 is 5.97 Å². The maximum Gasteiger partial charge on any atom is 0.337 e. The van der Waals surface area contributed by atoms with Crippen molar-refractivity contribution in [2.75, 3.05) is 6.67 Å². The molecule has 0 spiro atoms. The van der Waals surface area contributed by atoms with E-state index in [1.165, 1.54) is 6.20 Å². The molecule has 0 aliphatic carbocycles. The molecule has 14 heavy (non-hydrogen) atoms. The van der Waals surface area contributed by atoms with Crippen LogP contribution in [0.15, 0.2) is 12.3 Å². The number of carbonyl (C=O) groups is 1. The standard InChI is InChI=1S/C10H12FNO2/c1-7-5-8(10(13)14)6-12-9(7)3-2-4-11/h5-6H,2-4H2,1H3,(H,13,14). The van der Waals surface area contributed by atoms with Gasteiger partial charge in [-0.05, 0) is 31.4 Å². The number of alkyl halides is 1. The molecule has 3 nitrogen and oxygen atoms in total. The molecule has 76 valence electrons. The average Bonchev–Trinajstić information content (AvgIpc) is 2.15. The number of aromatic nitrogens is 1. The number of hydrogen-bond acceptors (Lipinski definition) is 2. The van der Waals surface area contributed by atoms with E-state index in [0.29, 0.717) is 12.8 Å². The molecule has 0 aliphatic rings. The molecule has 0 fully saturated rings. The quantitative estimate of drug-likeness (QED) is 0.803. The summed E-state index contributed by atoms with van der Waals surface area (Å²) in [7, 11) is 0. The van der Waals surface area contributed by atoms with Gasteiger partial charge in [-0.2, -0.15) is 0 Å². The minimum absolute atomic E-state index is 0.173. The SMILES string of the molecule is Cc1cc(C(=O)O)cnc1CCCF. The molecule has 1 heterocycles. The molecule has 0 saturated heterocycles. The van der Waals surface area contributed by atoms with Crippen LogP contribution in [0, 0.1) is 6.92 Å². The van der Waals surface area contributed by atoms with Crippen molar-refractivity contribution in [3.05, 3.63) is 29.1 Å². The van der Waals surface area contributed by atoms with Gasteiger partial charge < -0.3 is 5.11 Å². The van der Waals surface area contributed by atoms with Gasteiger partial charge in [0.05, 0.1) is 12.2 Å². The lowest BCUT2D eigenvalue weighted by atomic mass is 10.1. The van der Waals surface area contributed by atoms with Gasteiger partial charge >= 0.3 is 5.97 Å². The van der Waals surface area contributed by atoms with Gasteiger partial charge in [0.2, 0.25) is 0 Å². The van der Waals surface area contributed by atoms with Crippen molar-refractivity contribution in [2.45, 2.75) is 19.8 Å². The third kappa shape index (κ3) is 2.52. The second-order valence-electron chi connectivity index (χ2n) is 3.09. The molecule has 0 bridgehead atoms. The Morgan fingerprint density at radius 3 is 2.86 bits per heavy atom. The van der Waals surface area contributed by atoms with Crippen molar-refractivity contribution < 1.29 is 14.3 Å². The van der Waals surface area contributed by atoms with Crippen LogP contribution in [0.3, 0.4) is 0 Å². The van der Waals surface area contributed by atoms with Gasteiger partial charge in [0, 0.05) is 11.9 Å². The number of aryl methyl sites for hydroxylation is 2. The minimum Gasteiger partial charge on any atom is -0.478 e. The van der Waals surface area contributed by atoms with Crippen LogP contribution in [0.25, 0.3) is 0 Å². The second-order valence-corrected chi connectivity index (χ2v) is 3.09. The highest BCUT2D eigenvalue weighted by Gasteiger charge is 2.06. The smallest absolute Gasteiger partial charge is 0.337 e. The first-order chi connectivity index (χ1) is 6.65. The normalized spacial score (nSPS) is 10.1. The highest BCUT2D eigenvalue weighted by molar-refractivity contribution is 5.87.